The van der Waals surface area contributed by atoms with Gasteiger partial charge in [-0.05, 0) is 63.5 Å². The first kappa shape index (κ1) is 28.2. The highest BCUT2D eigenvalue weighted by atomic mass is 32.2. The van der Waals surface area contributed by atoms with Gasteiger partial charge in [0, 0.05) is 0 Å². The maximum Gasteiger partial charge on any atom is 0.193 e. The molecule has 2 atom stereocenters. The molecule has 168 valence electrons. The van der Waals surface area contributed by atoms with Gasteiger partial charge >= 0.3 is 0 Å². The number of hydrogen-bond donors (Lipinski definition) is 0. The molecule has 0 rings (SSSR count). The highest BCUT2D eigenvalue weighted by molar-refractivity contribution is 7.85. The summed E-state index contributed by atoms with van der Waals surface area (Å²) in [5, 5.41) is 0.219. The highest BCUT2D eigenvalue weighted by Gasteiger charge is 2.42. The molecule has 0 aliphatic rings. The van der Waals surface area contributed by atoms with E-state index in [0.29, 0.717) is 13.0 Å². The second-order valence-corrected chi connectivity index (χ2v) is 23.2. The van der Waals surface area contributed by atoms with Gasteiger partial charge in [-0.2, -0.15) is 4.40 Å². The van der Waals surface area contributed by atoms with E-state index in [1.807, 2.05) is 20.8 Å². The molecule has 0 heterocycles. The third kappa shape index (κ3) is 8.13. The van der Waals surface area contributed by atoms with Crippen molar-refractivity contribution in [2.24, 2.45) is 4.40 Å². The average molecular weight is 450 g/mol. The van der Waals surface area contributed by atoms with Crippen LogP contribution in [0.4, 0.5) is 0 Å². The first-order chi connectivity index (χ1) is 12.2. The van der Waals surface area contributed by atoms with Crippen molar-refractivity contribution < 1.29 is 13.1 Å². The van der Waals surface area contributed by atoms with Gasteiger partial charge in [0.05, 0.1) is 17.1 Å². The molecule has 7 heteroatoms. The molecule has 0 saturated heterocycles. The first-order valence-corrected chi connectivity index (χ1v) is 17.4. The van der Waals surface area contributed by atoms with Gasteiger partial charge in [-0.3, -0.25) is 0 Å². The van der Waals surface area contributed by atoms with Gasteiger partial charge in [0.25, 0.3) is 0 Å². The lowest BCUT2D eigenvalue weighted by molar-refractivity contribution is 0.152. The Morgan fingerprint density at radius 2 is 1.32 bits per heavy atom. The van der Waals surface area contributed by atoms with E-state index in [4.69, 9.17) is 8.85 Å². The van der Waals surface area contributed by atoms with Gasteiger partial charge in [-0.1, -0.05) is 48.5 Å². The summed E-state index contributed by atoms with van der Waals surface area (Å²) in [5.41, 5.74) is 0.858. The Kier molecular flexibility index (Phi) is 9.60. The predicted molar refractivity (Wildman–Crippen MR) is 131 cm³/mol. The third-order valence-corrected chi connectivity index (χ3v) is 16.5. The Hall–Kier alpha value is 0.174. The fourth-order valence-corrected chi connectivity index (χ4v) is 4.83. The third-order valence-electron chi connectivity index (χ3n) is 6.10. The lowest BCUT2D eigenvalue weighted by atomic mass is 10.2. The lowest BCUT2D eigenvalue weighted by Crippen LogP contribution is -2.50. The lowest BCUT2D eigenvalue weighted by Gasteiger charge is -2.41. The molecule has 0 amide bonds. The zero-order valence-corrected chi connectivity index (χ0v) is 23.9. The van der Waals surface area contributed by atoms with Crippen molar-refractivity contribution in [1.29, 1.82) is 0 Å². The van der Waals surface area contributed by atoms with Crippen LogP contribution in [-0.2, 0) is 19.8 Å². The zero-order chi connectivity index (χ0) is 22.8. The Morgan fingerprint density at radius 3 is 1.64 bits per heavy atom. The second-order valence-electron chi connectivity index (χ2n) is 11.7. The number of rotatable bonds is 8. The molecule has 0 aromatic rings. The van der Waals surface area contributed by atoms with Crippen LogP contribution in [0.25, 0.3) is 0 Å². The first-order valence-electron chi connectivity index (χ1n) is 10.5. The molecule has 0 N–H and O–H groups in total. The molecule has 0 saturated carbocycles. The molecule has 0 aromatic carbocycles. The fourth-order valence-electron chi connectivity index (χ4n) is 1.83. The Labute approximate surface area is 180 Å². The molecule has 4 nitrogen and oxygen atoms in total. The topological polar surface area (TPSA) is 47.9 Å². The van der Waals surface area contributed by atoms with Crippen molar-refractivity contribution in [3.05, 3.63) is 0 Å². The van der Waals surface area contributed by atoms with E-state index in [0.717, 1.165) is 5.71 Å². The molecule has 0 bridgehead atoms. The van der Waals surface area contributed by atoms with Crippen LogP contribution in [0, 0.1) is 0 Å². The van der Waals surface area contributed by atoms with Crippen LogP contribution < -0.4 is 0 Å². The van der Waals surface area contributed by atoms with Crippen LogP contribution in [0.2, 0.25) is 36.3 Å². The van der Waals surface area contributed by atoms with E-state index in [1.165, 1.54) is 0 Å². The van der Waals surface area contributed by atoms with E-state index < -0.39 is 27.6 Å². The predicted octanol–water partition coefficient (Wildman–Crippen LogP) is 6.71. The quantitative estimate of drug-likeness (QED) is 0.305. The molecule has 28 heavy (non-hydrogen) atoms. The molecule has 0 aromatic heterocycles. The van der Waals surface area contributed by atoms with Gasteiger partial charge in [-0.25, -0.2) is 4.21 Å². The van der Waals surface area contributed by atoms with Crippen LogP contribution in [0.3, 0.4) is 0 Å². The minimum Gasteiger partial charge on any atom is -0.414 e. The normalized spacial score (nSPS) is 17.6. The zero-order valence-electron chi connectivity index (χ0n) is 21.1. The van der Waals surface area contributed by atoms with Crippen molar-refractivity contribution in [2.45, 2.75) is 123 Å². The summed E-state index contributed by atoms with van der Waals surface area (Å²) in [4.78, 5) is 0. The minimum absolute atomic E-state index is 0.0876. The van der Waals surface area contributed by atoms with E-state index in [2.05, 4.69) is 79.1 Å². The van der Waals surface area contributed by atoms with Crippen LogP contribution >= 0.6 is 0 Å². The smallest absolute Gasteiger partial charge is 0.193 e. The largest absolute Gasteiger partial charge is 0.414 e. The molecule has 0 radical (unpaired) electrons. The maximum atomic E-state index is 12.7. The van der Waals surface area contributed by atoms with E-state index >= 15 is 0 Å². The molecule has 0 spiro atoms. The summed E-state index contributed by atoms with van der Waals surface area (Å²) in [7, 11) is -5.25. The average Bonchev–Trinajstić information content (AvgIpc) is 2.45. The molecule has 0 fully saturated rings. The molecule has 0 aliphatic heterocycles. The van der Waals surface area contributed by atoms with Crippen LogP contribution in [-0.4, -0.2) is 44.0 Å². The van der Waals surface area contributed by atoms with E-state index in [1.54, 1.807) is 0 Å². The summed E-state index contributed by atoms with van der Waals surface area (Å²) in [6.07, 6.45) is 0.466. The maximum absolute atomic E-state index is 12.7. The highest BCUT2D eigenvalue weighted by Crippen LogP contribution is 2.39. The number of hydrogen-bond acceptors (Lipinski definition) is 3. The van der Waals surface area contributed by atoms with E-state index in [9.17, 15) is 4.21 Å². The second kappa shape index (κ2) is 9.54. The Bertz CT molecular complexity index is 568. The number of nitrogens with zero attached hydrogens (tertiary/aromatic N) is 1. The van der Waals surface area contributed by atoms with Crippen molar-refractivity contribution in [3.63, 3.8) is 0 Å². The summed E-state index contributed by atoms with van der Waals surface area (Å²) < 4.78 is 30.2. The van der Waals surface area contributed by atoms with Crippen LogP contribution in [0.5, 0.6) is 0 Å². The van der Waals surface area contributed by atoms with Crippen molar-refractivity contribution in [2.75, 3.05) is 6.61 Å². The van der Waals surface area contributed by atoms with Gasteiger partial charge in [0.2, 0.25) is 0 Å². The Morgan fingerprint density at radius 1 is 0.893 bits per heavy atom. The molecule has 1 unspecified atom stereocenters. The molecular formula is C21H47NO3SSi2. The van der Waals surface area contributed by atoms with Crippen molar-refractivity contribution in [1.82, 2.24) is 0 Å². The summed E-state index contributed by atoms with van der Waals surface area (Å²) in [6, 6.07) is 0. The van der Waals surface area contributed by atoms with Gasteiger partial charge < -0.3 is 8.85 Å². The molecular weight excluding hydrogens is 402 g/mol. The van der Waals surface area contributed by atoms with Gasteiger partial charge in [0.15, 0.2) is 16.6 Å². The molecule has 0 aliphatic carbocycles. The summed E-state index contributed by atoms with van der Waals surface area (Å²) in [6.45, 7) is 30.9. The fraction of sp³-hybridized carbons (Fsp3) is 0.952. The van der Waals surface area contributed by atoms with Gasteiger partial charge in [-0.15, -0.1) is 0 Å². The van der Waals surface area contributed by atoms with Crippen LogP contribution in [0.15, 0.2) is 4.40 Å². The van der Waals surface area contributed by atoms with Crippen LogP contribution in [0.1, 0.15) is 75.7 Å². The van der Waals surface area contributed by atoms with Gasteiger partial charge in [0.1, 0.15) is 17.1 Å². The summed E-state index contributed by atoms with van der Waals surface area (Å²) >= 11 is 0. The van der Waals surface area contributed by atoms with Crippen molar-refractivity contribution >= 4 is 33.3 Å². The Balaban J connectivity index is 5.91. The SMILES string of the molecule is CCC(=NS(=O)C(C)(C)C)[C@@H](CO[Si](C)(C)C(C)(C)C)O[Si](C)(C)C(C)(C)C. The monoisotopic (exact) mass is 449 g/mol. The van der Waals surface area contributed by atoms with E-state index in [-0.39, 0.29) is 20.9 Å². The van der Waals surface area contributed by atoms with Crippen molar-refractivity contribution in [3.8, 4) is 0 Å². The summed E-state index contributed by atoms with van der Waals surface area (Å²) in [5.74, 6) is 0. The standard InChI is InChI=1S/C21H47NO3SSi2/c1-15-17(22-26(23)19(2,3)4)18(25-28(13,14)21(8,9)10)16-24-27(11,12)20(5,6)7/h18H,15-16H2,1-14H3/t18-,26?/m1/s1. The minimum atomic E-state index is -2.03.